The maximum absolute atomic E-state index is 14.1. The number of nitrogens with one attached hydrogen (secondary N) is 4. The lowest BCUT2D eigenvalue weighted by Crippen LogP contribution is -2.41. The van der Waals surface area contributed by atoms with Gasteiger partial charge in [0.15, 0.2) is 17.3 Å². The van der Waals surface area contributed by atoms with Gasteiger partial charge in [-0.1, -0.05) is 26.0 Å². The zero-order valence-corrected chi connectivity index (χ0v) is 46.3. The summed E-state index contributed by atoms with van der Waals surface area (Å²) in [5.41, 5.74) is 6.26. The fourth-order valence-electron chi connectivity index (χ4n) is 10.8. The van der Waals surface area contributed by atoms with Crippen LogP contribution in [0.1, 0.15) is 108 Å². The van der Waals surface area contributed by atoms with Crippen molar-refractivity contribution in [1.82, 2.24) is 30.4 Å². The first kappa shape index (κ1) is 57.7. The highest BCUT2D eigenvalue weighted by atomic mass is 32.2. The molecule has 2 aliphatic heterocycles. The minimum atomic E-state index is -4.85. The Balaban J connectivity index is 0.688. The number of carbonyl (C=O) groups excluding carboxylic acids is 5. The lowest BCUT2D eigenvalue weighted by molar-refractivity contribution is -0.141. The molecule has 4 heterocycles. The molecule has 2 aromatic heterocycles. The van der Waals surface area contributed by atoms with Crippen molar-refractivity contribution < 1.29 is 59.8 Å². The Morgan fingerprint density at radius 3 is 2.27 bits per heavy atom. The van der Waals surface area contributed by atoms with Crippen molar-refractivity contribution in [2.75, 3.05) is 84.0 Å². The van der Waals surface area contributed by atoms with Gasteiger partial charge < -0.3 is 51.0 Å². The number of para-hydroxylation sites is 1. The van der Waals surface area contributed by atoms with Gasteiger partial charge in [0.2, 0.25) is 21.9 Å². The lowest BCUT2D eigenvalue weighted by Gasteiger charge is -2.33. The second-order valence-electron chi connectivity index (χ2n) is 21.3. The number of Topliss-reactive ketones (excluding diaryl/α,β-unsaturated/α-hetero) is 1. The smallest absolute Gasteiger partial charge is 0.435 e. The molecular weight excluding hydrogens is 1080 g/mol. The van der Waals surface area contributed by atoms with Gasteiger partial charge in [0, 0.05) is 69.0 Å². The first-order valence-electron chi connectivity index (χ1n) is 26.8. The topological polar surface area (TPSA) is 275 Å². The van der Waals surface area contributed by atoms with Gasteiger partial charge in [-0.3, -0.25) is 19.2 Å². The number of fused-ring (bicyclic) bond motifs is 3. The van der Waals surface area contributed by atoms with E-state index in [-0.39, 0.29) is 109 Å². The molecule has 81 heavy (non-hydrogen) atoms. The molecule has 6 N–H and O–H groups in total. The second-order valence-corrected chi connectivity index (χ2v) is 23.1. The fourth-order valence-corrected chi connectivity index (χ4v) is 11.8. The van der Waals surface area contributed by atoms with Gasteiger partial charge in [-0.25, -0.2) is 27.2 Å². The Hall–Kier alpha value is -8.00. The number of carbonyl (C=O) groups is 5. The largest absolute Gasteiger partial charge is 0.492 e. The summed E-state index contributed by atoms with van der Waals surface area (Å²) in [7, 11) is -2.42. The predicted molar refractivity (Wildman–Crippen MR) is 296 cm³/mol. The van der Waals surface area contributed by atoms with E-state index in [2.05, 4.69) is 41.2 Å². The predicted octanol–water partition coefficient (Wildman–Crippen LogP) is 7.26. The number of hydrogen-bond donors (Lipinski definition) is 5. The molecule has 22 nitrogen and oxygen atoms in total. The van der Waals surface area contributed by atoms with Crippen LogP contribution in [0.5, 0.6) is 5.75 Å². The molecule has 2 fully saturated rings. The molecule has 0 radical (unpaired) electrons. The molecule has 432 valence electrons. The molecule has 9 rings (SSSR count). The second kappa shape index (κ2) is 23.6. The molecule has 2 aliphatic carbocycles. The van der Waals surface area contributed by atoms with Crippen LogP contribution < -0.4 is 45.8 Å². The maximum Gasteiger partial charge on any atom is 0.435 e. The van der Waals surface area contributed by atoms with Crippen molar-refractivity contribution >= 4 is 79.8 Å². The summed E-state index contributed by atoms with van der Waals surface area (Å²) in [5, 5.41) is 16.0. The standard InChI is InChI=1S/C55H65F3N12O10S/c1-6-79-45-28-34(14-18-39(45)64-52-62-31-43-49(65-52)70(81(5,76)77)41-10-8-7-9-38(41)51(74)67(43)4)68-23-19-32(20-24-68)50(73)60-21-25-78-26-22-61-53(75)80-36-15-11-33(12-16-36)63-40-27-35(13-17-37(40)48(59)72)69-42-29-54(2,3)30-44(71)46(42)47(66-69)55(56,57)58/h7-10,13-14,17-18,27-28,31-33,36,63H,6,11-12,15-16,19-26,29-30H2,1-5H3,(H2,59,72)(H,60,73)(H,61,75)(H,62,64,65). The van der Waals surface area contributed by atoms with Crippen LogP contribution >= 0.6 is 0 Å². The van der Waals surface area contributed by atoms with Crippen LogP contribution in [0.4, 0.5) is 58.2 Å². The molecule has 4 aliphatic rings. The molecule has 1 saturated carbocycles. The number of ketones is 1. The number of halogens is 3. The van der Waals surface area contributed by atoms with Crippen LogP contribution in [-0.2, 0) is 36.9 Å². The summed E-state index contributed by atoms with van der Waals surface area (Å²) in [4.78, 5) is 77.2. The van der Waals surface area contributed by atoms with Gasteiger partial charge in [0.1, 0.15) is 17.5 Å². The number of aromatic nitrogens is 4. The van der Waals surface area contributed by atoms with Gasteiger partial charge in [-0.05, 0) is 99.7 Å². The van der Waals surface area contributed by atoms with E-state index < -0.39 is 56.6 Å². The minimum absolute atomic E-state index is 0.00654. The van der Waals surface area contributed by atoms with Crippen molar-refractivity contribution in [3.05, 3.63) is 94.9 Å². The molecule has 4 amide bonds. The normalized spacial score (nSPS) is 18.2. The molecule has 26 heteroatoms. The Morgan fingerprint density at radius 2 is 1.58 bits per heavy atom. The van der Waals surface area contributed by atoms with Crippen LogP contribution in [-0.4, -0.2) is 129 Å². The van der Waals surface area contributed by atoms with Gasteiger partial charge in [-0.2, -0.15) is 23.3 Å². The Bertz CT molecular complexity index is 3340. The Morgan fingerprint density at radius 1 is 0.877 bits per heavy atom. The molecular formula is C55H65F3N12O10S. The van der Waals surface area contributed by atoms with E-state index in [1.807, 2.05) is 39.0 Å². The van der Waals surface area contributed by atoms with E-state index in [9.17, 15) is 45.6 Å². The van der Waals surface area contributed by atoms with E-state index in [1.165, 1.54) is 36.3 Å². The quantitative estimate of drug-likeness (QED) is 0.0540. The fraction of sp³-hybridized carbons (Fsp3) is 0.455. The number of rotatable bonds is 18. The number of alkyl halides is 3. The zero-order chi connectivity index (χ0) is 58.0. The highest BCUT2D eigenvalue weighted by Crippen LogP contribution is 2.44. The summed E-state index contributed by atoms with van der Waals surface area (Å²) in [6, 6.07) is 16.3. The van der Waals surface area contributed by atoms with Crippen LogP contribution in [0.15, 0.2) is 66.9 Å². The number of anilines is 7. The summed E-state index contributed by atoms with van der Waals surface area (Å²) in [6.45, 7) is 7.92. The number of sulfonamides is 1. The molecule has 0 atom stereocenters. The number of hydrogen-bond acceptors (Lipinski definition) is 16. The first-order chi connectivity index (χ1) is 38.5. The Labute approximate surface area is 466 Å². The summed E-state index contributed by atoms with van der Waals surface area (Å²) < 4.78 is 88.3. The third kappa shape index (κ3) is 13.0. The van der Waals surface area contributed by atoms with Crippen molar-refractivity contribution in [3.8, 4) is 11.4 Å². The summed E-state index contributed by atoms with van der Waals surface area (Å²) in [5.74, 6) is -1.46. The van der Waals surface area contributed by atoms with Gasteiger partial charge in [-0.15, -0.1) is 0 Å². The summed E-state index contributed by atoms with van der Waals surface area (Å²) >= 11 is 0. The van der Waals surface area contributed by atoms with E-state index in [4.69, 9.17) is 19.9 Å². The number of amides is 4. The number of benzene rings is 3. The van der Waals surface area contributed by atoms with Crippen LogP contribution in [0.3, 0.4) is 0 Å². The van der Waals surface area contributed by atoms with Crippen LogP contribution in [0.2, 0.25) is 0 Å². The number of alkyl carbamates (subject to hydrolysis) is 1. The van der Waals surface area contributed by atoms with Gasteiger partial charge in [0.05, 0.1) is 71.7 Å². The molecule has 0 unspecified atom stereocenters. The highest BCUT2D eigenvalue weighted by molar-refractivity contribution is 7.92. The van der Waals surface area contributed by atoms with Crippen molar-refractivity contribution in [3.63, 3.8) is 0 Å². The van der Waals surface area contributed by atoms with E-state index in [0.717, 1.165) is 20.9 Å². The third-order valence-electron chi connectivity index (χ3n) is 14.7. The monoisotopic (exact) mass is 1140 g/mol. The molecule has 5 aromatic rings. The van der Waals surface area contributed by atoms with Crippen LogP contribution in [0, 0.1) is 11.3 Å². The lowest BCUT2D eigenvalue weighted by atomic mass is 9.75. The minimum Gasteiger partial charge on any atom is -0.492 e. The number of nitrogens with zero attached hydrogens (tertiary/aromatic N) is 7. The first-order valence-corrected chi connectivity index (χ1v) is 28.6. The molecule has 0 bridgehead atoms. The number of ether oxygens (including phenoxy) is 3. The van der Waals surface area contributed by atoms with Crippen molar-refractivity contribution in [2.24, 2.45) is 17.1 Å². The SMILES string of the molecule is CCOc1cc(N2CCC(C(=O)NCCOCCNC(=O)OC3CCC(Nc4cc(-n5nc(C(F)(F)F)c6c5CC(C)(C)CC6=O)ccc4C(N)=O)CC3)CC2)ccc1Nc1ncc2c(n1)N(S(C)(=O)=O)c1ccccc1C(=O)N2C. The number of primary amides is 1. The molecule has 0 spiro atoms. The van der Waals surface area contributed by atoms with E-state index >= 15 is 0 Å². The number of piperidine rings is 1. The number of nitrogens with two attached hydrogens (primary N) is 1. The van der Waals surface area contributed by atoms with E-state index in [1.54, 1.807) is 24.3 Å². The van der Waals surface area contributed by atoms with Gasteiger partial charge in [0.25, 0.3) is 11.8 Å². The summed E-state index contributed by atoms with van der Waals surface area (Å²) in [6.07, 6.45) is 0.0487. The van der Waals surface area contributed by atoms with Crippen molar-refractivity contribution in [1.29, 1.82) is 0 Å². The average molecular weight is 1140 g/mol. The Kier molecular flexibility index (Phi) is 16.8. The van der Waals surface area contributed by atoms with Crippen LogP contribution in [0.25, 0.3) is 5.69 Å². The average Bonchev–Trinajstić information content (AvgIpc) is 3.82. The van der Waals surface area contributed by atoms with Crippen molar-refractivity contribution in [2.45, 2.75) is 90.5 Å². The highest BCUT2D eigenvalue weighted by Gasteiger charge is 2.46. The van der Waals surface area contributed by atoms with Gasteiger partial charge >= 0.3 is 12.3 Å². The van der Waals surface area contributed by atoms with E-state index in [0.29, 0.717) is 75.3 Å². The molecule has 3 aromatic carbocycles. The maximum atomic E-state index is 14.1. The molecule has 1 saturated heterocycles. The zero-order valence-electron chi connectivity index (χ0n) is 45.5. The third-order valence-corrected chi connectivity index (χ3v) is 15.8.